The second kappa shape index (κ2) is 5.37. The Bertz CT molecular complexity index is 255. The Morgan fingerprint density at radius 3 is 2.56 bits per heavy atom. The highest BCUT2D eigenvalue weighted by molar-refractivity contribution is 5.85. The van der Waals surface area contributed by atoms with Crippen LogP contribution in [0.15, 0.2) is 0 Å². The zero-order chi connectivity index (χ0) is 11.0. The molecule has 0 aromatic heterocycles. The highest BCUT2D eigenvalue weighted by Gasteiger charge is 2.39. The molecular formula is C12H23ClN2O. The molecule has 0 aromatic carbocycles. The van der Waals surface area contributed by atoms with Crippen LogP contribution in [0.5, 0.6) is 0 Å². The van der Waals surface area contributed by atoms with E-state index in [1.165, 1.54) is 12.8 Å². The molecule has 3 atom stereocenters. The maximum Gasteiger partial charge on any atom is 0.225 e. The Hall–Kier alpha value is -0.280. The van der Waals surface area contributed by atoms with E-state index < -0.39 is 0 Å². The van der Waals surface area contributed by atoms with Crippen LogP contribution < -0.4 is 5.73 Å². The van der Waals surface area contributed by atoms with Crippen molar-refractivity contribution in [2.24, 2.45) is 23.5 Å². The van der Waals surface area contributed by atoms with E-state index in [0.717, 1.165) is 13.0 Å². The molecule has 0 spiro atoms. The van der Waals surface area contributed by atoms with Crippen LogP contribution in [0.2, 0.25) is 0 Å². The molecule has 16 heavy (non-hydrogen) atoms. The molecule has 2 aliphatic rings. The van der Waals surface area contributed by atoms with Gasteiger partial charge >= 0.3 is 0 Å². The molecule has 2 N–H and O–H groups in total. The van der Waals surface area contributed by atoms with Crippen LogP contribution in [0.1, 0.15) is 33.1 Å². The standard InChI is InChI=1S/C12H22N2O.ClH/c1-8-5-10(6-13)7-14(8)12(15)9(2)11-3-4-11;/h8-11H,3-7,13H2,1-2H3;1H. The predicted molar refractivity (Wildman–Crippen MR) is 67.5 cm³/mol. The van der Waals surface area contributed by atoms with E-state index in [1.54, 1.807) is 0 Å². The van der Waals surface area contributed by atoms with Crippen molar-refractivity contribution in [3.05, 3.63) is 0 Å². The highest BCUT2D eigenvalue weighted by atomic mass is 35.5. The lowest BCUT2D eigenvalue weighted by Gasteiger charge is -2.25. The van der Waals surface area contributed by atoms with Gasteiger partial charge in [0.05, 0.1) is 0 Å². The monoisotopic (exact) mass is 246 g/mol. The molecule has 1 heterocycles. The molecule has 1 saturated heterocycles. The first-order chi connectivity index (χ1) is 7.13. The van der Waals surface area contributed by atoms with Gasteiger partial charge in [-0.3, -0.25) is 4.79 Å². The number of amides is 1. The fourth-order valence-corrected chi connectivity index (χ4v) is 2.68. The molecule has 0 aromatic rings. The quantitative estimate of drug-likeness (QED) is 0.823. The van der Waals surface area contributed by atoms with Crippen molar-refractivity contribution in [2.75, 3.05) is 13.1 Å². The second-order valence-corrected chi connectivity index (χ2v) is 5.30. The van der Waals surface area contributed by atoms with Crippen LogP contribution in [0.4, 0.5) is 0 Å². The van der Waals surface area contributed by atoms with Crippen LogP contribution in [-0.4, -0.2) is 29.9 Å². The number of hydrogen-bond acceptors (Lipinski definition) is 2. The van der Waals surface area contributed by atoms with Crippen LogP contribution in [0, 0.1) is 17.8 Å². The minimum Gasteiger partial charge on any atom is -0.339 e. The lowest BCUT2D eigenvalue weighted by atomic mass is 10.0. The zero-order valence-corrected chi connectivity index (χ0v) is 11.0. The molecule has 2 rings (SSSR count). The summed E-state index contributed by atoms with van der Waals surface area (Å²) in [5, 5.41) is 0. The molecular weight excluding hydrogens is 224 g/mol. The van der Waals surface area contributed by atoms with Gasteiger partial charge in [-0.05, 0) is 44.6 Å². The molecule has 0 bridgehead atoms. The van der Waals surface area contributed by atoms with Crippen molar-refractivity contribution >= 4 is 18.3 Å². The van der Waals surface area contributed by atoms with Crippen LogP contribution in [0.25, 0.3) is 0 Å². The molecule has 2 fully saturated rings. The third kappa shape index (κ3) is 2.69. The first-order valence-corrected chi connectivity index (χ1v) is 6.14. The van der Waals surface area contributed by atoms with Crippen molar-refractivity contribution in [3.63, 3.8) is 0 Å². The van der Waals surface area contributed by atoms with Gasteiger partial charge in [-0.15, -0.1) is 12.4 Å². The Labute approximate surface area is 104 Å². The average Bonchev–Trinajstić information content (AvgIpc) is 3.00. The topological polar surface area (TPSA) is 46.3 Å². The van der Waals surface area contributed by atoms with Crippen molar-refractivity contribution < 1.29 is 4.79 Å². The Morgan fingerprint density at radius 2 is 2.12 bits per heavy atom. The number of carbonyl (C=O) groups is 1. The smallest absolute Gasteiger partial charge is 0.225 e. The normalized spacial score (nSPS) is 31.1. The molecule has 1 amide bonds. The predicted octanol–water partition coefficient (Wildman–Crippen LogP) is 1.65. The minimum absolute atomic E-state index is 0. The molecule has 1 aliphatic heterocycles. The largest absolute Gasteiger partial charge is 0.339 e. The van der Waals surface area contributed by atoms with Gasteiger partial charge in [-0.1, -0.05) is 6.92 Å². The lowest BCUT2D eigenvalue weighted by molar-refractivity contribution is -0.136. The van der Waals surface area contributed by atoms with Crippen LogP contribution in [0.3, 0.4) is 0 Å². The van der Waals surface area contributed by atoms with Crippen molar-refractivity contribution in [2.45, 2.75) is 39.2 Å². The van der Waals surface area contributed by atoms with Gasteiger partial charge in [0.25, 0.3) is 0 Å². The number of carbonyl (C=O) groups excluding carboxylic acids is 1. The van der Waals surface area contributed by atoms with Gasteiger partial charge in [0.2, 0.25) is 5.91 Å². The van der Waals surface area contributed by atoms with Crippen LogP contribution in [-0.2, 0) is 4.79 Å². The fourth-order valence-electron chi connectivity index (χ4n) is 2.68. The molecule has 4 heteroatoms. The van der Waals surface area contributed by atoms with Gasteiger partial charge in [-0.25, -0.2) is 0 Å². The van der Waals surface area contributed by atoms with Crippen molar-refractivity contribution in [1.29, 1.82) is 0 Å². The summed E-state index contributed by atoms with van der Waals surface area (Å²) in [5.74, 6) is 1.79. The zero-order valence-electron chi connectivity index (χ0n) is 10.2. The van der Waals surface area contributed by atoms with E-state index in [0.29, 0.717) is 30.3 Å². The summed E-state index contributed by atoms with van der Waals surface area (Å²) in [4.78, 5) is 14.2. The lowest BCUT2D eigenvalue weighted by Crippen LogP contribution is -2.38. The Kier molecular flexibility index (Phi) is 4.62. The number of likely N-dealkylation sites (tertiary alicyclic amines) is 1. The first-order valence-electron chi connectivity index (χ1n) is 6.14. The highest BCUT2D eigenvalue weighted by Crippen LogP contribution is 2.38. The number of halogens is 1. The number of rotatable bonds is 3. The van der Waals surface area contributed by atoms with E-state index in [4.69, 9.17) is 5.73 Å². The molecule has 1 aliphatic carbocycles. The van der Waals surface area contributed by atoms with Gasteiger partial charge in [0.1, 0.15) is 0 Å². The van der Waals surface area contributed by atoms with Gasteiger partial charge < -0.3 is 10.6 Å². The Balaban J connectivity index is 0.00000128. The minimum atomic E-state index is 0. The summed E-state index contributed by atoms with van der Waals surface area (Å²) in [7, 11) is 0. The third-order valence-corrected chi connectivity index (χ3v) is 4.00. The summed E-state index contributed by atoms with van der Waals surface area (Å²) in [6.45, 7) is 5.83. The van der Waals surface area contributed by atoms with E-state index in [-0.39, 0.29) is 18.3 Å². The summed E-state index contributed by atoms with van der Waals surface area (Å²) in [6, 6.07) is 0.396. The van der Waals surface area contributed by atoms with Crippen LogP contribution >= 0.6 is 12.4 Å². The summed E-state index contributed by atoms with van der Waals surface area (Å²) in [6.07, 6.45) is 3.57. The van der Waals surface area contributed by atoms with E-state index >= 15 is 0 Å². The third-order valence-electron chi connectivity index (χ3n) is 4.00. The Morgan fingerprint density at radius 1 is 1.50 bits per heavy atom. The summed E-state index contributed by atoms with van der Waals surface area (Å²) >= 11 is 0. The van der Waals surface area contributed by atoms with Gasteiger partial charge in [0.15, 0.2) is 0 Å². The van der Waals surface area contributed by atoms with Gasteiger partial charge in [-0.2, -0.15) is 0 Å². The molecule has 0 radical (unpaired) electrons. The second-order valence-electron chi connectivity index (χ2n) is 5.30. The fraction of sp³-hybridized carbons (Fsp3) is 0.917. The van der Waals surface area contributed by atoms with E-state index in [9.17, 15) is 4.79 Å². The number of nitrogens with two attached hydrogens (primary N) is 1. The van der Waals surface area contributed by atoms with E-state index in [2.05, 4.69) is 18.7 Å². The number of nitrogens with zero attached hydrogens (tertiary/aromatic N) is 1. The van der Waals surface area contributed by atoms with Crippen molar-refractivity contribution in [1.82, 2.24) is 4.90 Å². The maximum atomic E-state index is 12.2. The maximum absolute atomic E-state index is 12.2. The molecule has 1 saturated carbocycles. The van der Waals surface area contributed by atoms with Crippen molar-refractivity contribution in [3.8, 4) is 0 Å². The first kappa shape index (κ1) is 13.8. The molecule has 3 unspecified atom stereocenters. The van der Waals surface area contributed by atoms with E-state index in [1.807, 2.05) is 0 Å². The summed E-state index contributed by atoms with van der Waals surface area (Å²) < 4.78 is 0. The summed E-state index contributed by atoms with van der Waals surface area (Å²) in [5.41, 5.74) is 5.67. The number of hydrogen-bond donors (Lipinski definition) is 1. The molecule has 94 valence electrons. The van der Waals surface area contributed by atoms with Gasteiger partial charge in [0, 0.05) is 18.5 Å². The molecule has 3 nitrogen and oxygen atoms in total. The SMILES string of the molecule is CC(C(=O)N1CC(CN)CC1C)C1CC1.Cl. The average molecular weight is 247 g/mol.